The van der Waals surface area contributed by atoms with E-state index in [2.05, 4.69) is 40.6 Å². The first kappa shape index (κ1) is 25.4. The van der Waals surface area contributed by atoms with Crippen molar-refractivity contribution in [3.05, 3.63) is 126 Å². The summed E-state index contributed by atoms with van der Waals surface area (Å²) in [6, 6.07) is 18.4. The number of rotatable bonds is 7. The molecular formula is C30H31FN4. The highest BCUT2D eigenvalue weighted by molar-refractivity contribution is 5.84. The first-order chi connectivity index (χ1) is 16.9. The number of aryl methyl sites for hydroxylation is 1. The third kappa shape index (κ3) is 6.64. The molecule has 0 aliphatic carbocycles. The first-order valence-corrected chi connectivity index (χ1v) is 11.6. The van der Waals surface area contributed by atoms with Gasteiger partial charge in [-0.3, -0.25) is 9.97 Å². The molecule has 0 saturated heterocycles. The number of nitrogen functional groups attached to an aromatic ring is 1. The predicted octanol–water partition coefficient (Wildman–Crippen LogP) is 7.43. The zero-order valence-corrected chi connectivity index (χ0v) is 20.5. The standard InChI is InChI=1S/C28H25FN4.C2H6/c1-18-4-7-22(23-13-25(30)16-31-15-23)14-28(18)19(2)20(3)33-27-11-10-26(32-17-27)12-21-5-8-24(29)9-6-21;1-2/h4-11,13-17,33H,2-3,12,30H2,1H3;1-2H3. The molecule has 0 amide bonds. The maximum atomic E-state index is 13.1. The second-order valence-corrected chi connectivity index (χ2v) is 7.96. The fraction of sp³-hybridized carbons (Fsp3) is 0.133. The molecule has 2 aromatic heterocycles. The van der Waals surface area contributed by atoms with Crippen molar-refractivity contribution in [2.45, 2.75) is 27.2 Å². The van der Waals surface area contributed by atoms with Gasteiger partial charge in [0.15, 0.2) is 0 Å². The van der Waals surface area contributed by atoms with Crippen molar-refractivity contribution in [1.29, 1.82) is 0 Å². The lowest BCUT2D eigenvalue weighted by Crippen LogP contribution is -2.03. The summed E-state index contributed by atoms with van der Waals surface area (Å²) in [5.41, 5.74) is 14.8. The molecule has 0 aliphatic heterocycles. The predicted molar refractivity (Wildman–Crippen MR) is 145 cm³/mol. The third-order valence-corrected chi connectivity index (χ3v) is 5.44. The average molecular weight is 467 g/mol. The largest absolute Gasteiger partial charge is 0.397 e. The molecule has 0 atom stereocenters. The quantitative estimate of drug-likeness (QED) is 0.278. The van der Waals surface area contributed by atoms with Gasteiger partial charge in [-0.25, -0.2) is 4.39 Å². The normalized spacial score (nSPS) is 10.2. The Bertz CT molecular complexity index is 1310. The molecule has 4 nitrogen and oxygen atoms in total. The molecule has 178 valence electrons. The fourth-order valence-electron chi connectivity index (χ4n) is 3.57. The number of aromatic nitrogens is 2. The van der Waals surface area contributed by atoms with Crippen molar-refractivity contribution in [3.63, 3.8) is 0 Å². The van der Waals surface area contributed by atoms with E-state index in [0.29, 0.717) is 17.8 Å². The average Bonchev–Trinajstić information content (AvgIpc) is 2.87. The van der Waals surface area contributed by atoms with Crippen molar-refractivity contribution in [3.8, 4) is 11.1 Å². The lowest BCUT2D eigenvalue weighted by molar-refractivity contribution is 0.627. The molecule has 0 fully saturated rings. The molecule has 0 bridgehead atoms. The van der Waals surface area contributed by atoms with E-state index in [-0.39, 0.29) is 5.82 Å². The Labute approximate surface area is 207 Å². The minimum Gasteiger partial charge on any atom is -0.397 e. The number of nitrogens with zero attached hydrogens (tertiary/aromatic N) is 2. The number of nitrogens with two attached hydrogens (primary N) is 1. The van der Waals surface area contributed by atoms with Crippen LogP contribution in [0.5, 0.6) is 0 Å². The van der Waals surface area contributed by atoms with E-state index in [1.165, 1.54) is 12.1 Å². The maximum Gasteiger partial charge on any atom is 0.123 e. The van der Waals surface area contributed by atoms with E-state index in [1.807, 2.05) is 45.0 Å². The zero-order chi connectivity index (χ0) is 25.4. The van der Waals surface area contributed by atoms with E-state index in [0.717, 1.165) is 44.8 Å². The van der Waals surface area contributed by atoms with Crippen LogP contribution in [0.1, 0.15) is 36.2 Å². The van der Waals surface area contributed by atoms with Gasteiger partial charge in [0.1, 0.15) is 5.82 Å². The van der Waals surface area contributed by atoms with Gasteiger partial charge in [0.2, 0.25) is 0 Å². The van der Waals surface area contributed by atoms with Crippen LogP contribution in [-0.2, 0) is 6.42 Å². The van der Waals surface area contributed by atoms with E-state index in [9.17, 15) is 4.39 Å². The molecule has 5 heteroatoms. The summed E-state index contributed by atoms with van der Waals surface area (Å²) in [4.78, 5) is 8.70. The summed E-state index contributed by atoms with van der Waals surface area (Å²) >= 11 is 0. The summed E-state index contributed by atoms with van der Waals surface area (Å²) in [6.45, 7) is 14.5. The highest BCUT2D eigenvalue weighted by Crippen LogP contribution is 2.30. The second kappa shape index (κ2) is 11.7. The Morgan fingerprint density at radius 2 is 1.66 bits per heavy atom. The molecule has 0 radical (unpaired) electrons. The van der Waals surface area contributed by atoms with Crippen LogP contribution in [0.25, 0.3) is 16.7 Å². The first-order valence-electron chi connectivity index (χ1n) is 11.6. The number of anilines is 2. The highest BCUT2D eigenvalue weighted by Gasteiger charge is 2.10. The van der Waals surface area contributed by atoms with Crippen LogP contribution < -0.4 is 11.1 Å². The monoisotopic (exact) mass is 466 g/mol. The van der Waals surface area contributed by atoms with Gasteiger partial charge in [-0.1, -0.05) is 51.3 Å². The minimum atomic E-state index is -0.240. The smallest absolute Gasteiger partial charge is 0.123 e. The van der Waals surface area contributed by atoms with Crippen molar-refractivity contribution in [2.75, 3.05) is 11.1 Å². The third-order valence-electron chi connectivity index (χ3n) is 5.44. The molecule has 0 unspecified atom stereocenters. The van der Waals surface area contributed by atoms with Crippen LogP contribution in [0.4, 0.5) is 15.8 Å². The minimum absolute atomic E-state index is 0.240. The molecule has 2 heterocycles. The van der Waals surface area contributed by atoms with Crippen LogP contribution in [-0.4, -0.2) is 9.97 Å². The second-order valence-electron chi connectivity index (χ2n) is 7.96. The fourth-order valence-corrected chi connectivity index (χ4v) is 3.57. The van der Waals surface area contributed by atoms with Gasteiger partial charge in [0.25, 0.3) is 0 Å². The van der Waals surface area contributed by atoms with Gasteiger partial charge in [-0.2, -0.15) is 0 Å². The molecule has 0 spiro atoms. The number of hydrogen-bond donors (Lipinski definition) is 2. The molecule has 0 aliphatic rings. The summed E-state index contributed by atoms with van der Waals surface area (Å²) in [5.74, 6) is -0.240. The summed E-state index contributed by atoms with van der Waals surface area (Å²) in [5, 5.41) is 3.30. The molecule has 4 aromatic rings. The number of allylic oxidation sites excluding steroid dienone is 1. The number of pyridine rings is 2. The number of hydrogen-bond acceptors (Lipinski definition) is 4. The Kier molecular flexibility index (Phi) is 8.52. The van der Waals surface area contributed by atoms with Gasteiger partial charge in [0, 0.05) is 35.8 Å². The lowest BCUT2D eigenvalue weighted by atomic mass is 9.95. The Morgan fingerprint density at radius 3 is 2.31 bits per heavy atom. The SMILES string of the molecule is C=C(Nc1ccc(Cc2ccc(F)cc2)nc1)C(=C)c1cc(-c2cncc(N)c2)ccc1C.CC. The van der Waals surface area contributed by atoms with Crippen LogP contribution in [0.3, 0.4) is 0 Å². The van der Waals surface area contributed by atoms with Crippen LogP contribution in [0.2, 0.25) is 0 Å². The molecular weight excluding hydrogens is 435 g/mol. The summed E-state index contributed by atoms with van der Waals surface area (Å²) in [6.07, 6.45) is 5.82. The molecule has 0 saturated carbocycles. The highest BCUT2D eigenvalue weighted by atomic mass is 19.1. The summed E-state index contributed by atoms with van der Waals surface area (Å²) < 4.78 is 13.1. The molecule has 3 N–H and O–H groups in total. The van der Waals surface area contributed by atoms with Crippen molar-refractivity contribution < 1.29 is 4.39 Å². The van der Waals surface area contributed by atoms with Gasteiger partial charge in [-0.15, -0.1) is 0 Å². The number of benzene rings is 2. The lowest BCUT2D eigenvalue weighted by Gasteiger charge is -2.16. The Morgan fingerprint density at radius 1 is 0.914 bits per heavy atom. The summed E-state index contributed by atoms with van der Waals surface area (Å²) in [7, 11) is 0. The van der Waals surface area contributed by atoms with Gasteiger partial charge in [0.05, 0.1) is 17.6 Å². The number of nitrogens with one attached hydrogen (secondary N) is 1. The van der Waals surface area contributed by atoms with Crippen LogP contribution >= 0.6 is 0 Å². The van der Waals surface area contributed by atoms with Gasteiger partial charge >= 0.3 is 0 Å². The number of halogens is 1. The zero-order valence-electron chi connectivity index (χ0n) is 20.5. The maximum absolute atomic E-state index is 13.1. The van der Waals surface area contributed by atoms with Gasteiger partial charge < -0.3 is 11.1 Å². The Balaban J connectivity index is 0.00000167. The molecule has 2 aromatic carbocycles. The van der Waals surface area contributed by atoms with E-state index >= 15 is 0 Å². The molecule has 4 rings (SSSR count). The van der Waals surface area contributed by atoms with E-state index < -0.39 is 0 Å². The van der Waals surface area contributed by atoms with Crippen molar-refractivity contribution >= 4 is 16.9 Å². The van der Waals surface area contributed by atoms with Crippen LogP contribution in [0, 0.1) is 12.7 Å². The van der Waals surface area contributed by atoms with Crippen molar-refractivity contribution in [1.82, 2.24) is 9.97 Å². The van der Waals surface area contributed by atoms with E-state index in [1.54, 1.807) is 30.7 Å². The Hall–Kier alpha value is -4.25. The van der Waals surface area contributed by atoms with E-state index in [4.69, 9.17) is 5.73 Å². The molecule has 35 heavy (non-hydrogen) atoms. The topological polar surface area (TPSA) is 63.8 Å². The van der Waals surface area contributed by atoms with Gasteiger partial charge in [-0.05, 0) is 71.1 Å². The van der Waals surface area contributed by atoms with Crippen molar-refractivity contribution in [2.24, 2.45) is 0 Å². The van der Waals surface area contributed by atoms with Crippen LogP contribution in [0.15, 0.2) is 98.1 Å².